The third-order valence-corrected chi connectivity index (χ3v) is 5.49. The summed E-state index contributed by atoms with van der Waals surface area (Å²) >= 11 is 0. The molecule has 2 amide bonds. The van der Waals surface area contributed by atoms with E-state index >= 15 is 0 Å². The summed E-state index contributed by atoms with van der Waals surface area (Å²) in [7, 11) is 1.71. The van der Waals surface area contributed by atoms with Crippen LogP contribution in [-0.2, 0) is 9.53 Å². The minimum absolute atomic E-state index is 0.0539. The molecule has 3 aliphatic heterocycles. The van der Waals surface area contributed by atoms with Crippen molar-refractivity contribution in [2.24, 2.45) is 5.92 Å². The predicted molar refractivity (Wildman–Crippen MR) is 98.7 cm³/mol. The smallest absolute Gasteiger partial charge is 0.254 e. The van der Waals surface area contributed by atoms with E-state index < -0.39 is 0 Å². The van der Waals surface area contributed by atoms with Crippen molar-refractivity contribution in [1.29, 1.82) is 0 Å². The molecule has 0 aromatic carbocycles. The number of carbonyl (C=O) groups excluding carboxylic acids is 2. The lowest BCUT2D eigenvalue weighted by molar-refractivity contribution is -0.135. The van der Waals surface area contributed by atoms with Crippen LogP contribution in [0.3, 0.4) is 0 Å². The first-order chi connectivity index (χ1) is 12.7. The number of carbonyl (C=O) groups is 2. The molecular formula is C20H29N3O3. The number of hydrogen-bond donors (Lipinski definition) is 0. The fourth-order valence-corrected chi connectivity index (χ4v) is 4.07. The van der Waals surface area contributed by atoms with Gasteiger partial charge in [-0.2, -0.15) is 0 Å². The molecule has 0 unspecified atom stereocenters. The molecule has 3 saturated heterocycles. The Balaban J connectivity index is 1.57. The highest BCUT2D eigenvalue weighted by molar-refractivity contribution is 5.94. The van der Waals surface area contributed by atoms with Gasteiger partial charge >= 0.3 is 0 Å². The molecule has 0 N–H and O–H groups in total. The van der Waals surface area contributed by atoms with Gasteiger partial charge in [0.1, 0.15) is 0 Å². The van der Waals surface area contributed by atoms with E-state index in [1.165, 1.54) is 0 Å². The Bertz CT molecular complexity index is 608. The number of rotatable bonds is 7. The van der Waals surface area contributed by atoms with E-state index in [2.05, 4.69) is 4.98 Å². The monoisotopic (exact) mass is 359 g/mol. The third-order valence-electron chi connectivity index (χ3n) is 5.49. The van der Waals surface area contributed by atoms with E-state index in [9.17, 15) is 9.59 Å². The Morgan fingerprint density at radius 2 is 1.92 bits per heavy atom. The normalized spacial score (nSPS) is 22.3. The highest BCUT2D eigenvalue weighted by atomic mass is 16.5. The molecule has 3 fully saturated rings. The van der Waals surface area contributed by atoms with Gasteiger partial charge in [0.2, 0.25) is 5.91 Å². The lowest BCUT2D eigenvalue weighted by Crippen LogP contribution is -2.47. The van der Waals surface area contributed by atoms with Crippen LogP contribution in [-0.4, -0.2) is 66.0 Å². The zero-order valence-corrected chi connectivity index (χ0v) is 15.6. The average Bonchev–Trinajstić information content (AvgIpc) is 3.00. The zero-order chi connectivity index (χ0) is 18.4. The number of pyridine rings is 1. The molecule has 6 heteroatoms. The minimum atomic E-state index is 0.0539. The number of fused-ring (bicyclic) bond motifs is 4. The summed E-state index contributed by atoms with van der Waals surface area (Å²) in [4.78, 5) is 33.5. The highest BCUT2D eigenvalue weighted by Crippen LogP contribution is 2.29. The summed E-state index contributed by atoms with van der Waals surface area (Å²) < 4.78 is 5.06. The first kappa shape index (κ1) is 18.8. The van der Waals surface area contributed by atoms with Crippen molar-refractivity contribution in [2.75, 3.05) is 33.4 Å². The van der Waals surface area contributed by atoms with E-state index in [0.717, 1.165) is 51.8 Å². The maximum absolute atomic E-state index is 12.8. The van der Waals surface area contributed by atoms with Gasteiger partial charge in [0.05, 0.1) is 0 Å². The van der Waals surface area contributed by atoms with Crippen LogP contribution in [0.2, 0.25) is 0 Å². The number of ether oxygens (including phenoxy) is 1. The predicted octanol–water partition coefficient (Wildman–Crippen LogP) is 2.35. The number of unbranched alkanes of at least 4 members (excludes halogenated alkanes) is 2. The number of amides is 2. The van der Waals surface area contributed by atoms with Crippen molar-refractivity contribution in [3.63, 3.8) is 0 Å². The summed E-state index contributed by atoms with van der Waals surface area (Å²) in [5.41, 5.74) is 0.678. The van der Waals surface area contributed by atoms with Gasteiger partial charge < -0.3 is 14.5 Å². The fraction of sp³-hybridized carbons (Fsp3) is 0.650. The Morgan fingerprint density at radius 3 is 2.69 bits per heavy atom. The standard InChI is InChI=1S/C20H29N3O3/c1-26-12-4-2-3-5-19(24)23-14-16-6-7-18(23)15-22(13-16)20(25)17-8-10-21-11-9-17/h8-11,16,18H,2-7,12-15H2,1H3/t16-,18+/m0/s1. The molecule has 2 bridgehead atoms. The van der Waals surface area contributed by atoms with Crippen molar-refractivity contribution in [3.8, 4) is 0 Å². The van der Waals surface area contributed by atoms with Crippen LogP contribution < -0.4 is 0 Å². The zero-order valence-electron chi connectivity index (χ0n) is 15.6. The van der Waals surface area contributed by atoms with Gasteiger partial charge in [-0.05, 0) is 43.7 Å². The topological polar surface area (TPSA) is 62.7 Å². The fourth-order valence-electron chi connectivity index (χ4n) is 4.07. The van der Waals surface area contributed by atoms with Crippen LogP contribution >= 0.6 is 0 Å². The number of aromatic nitrogens is 1. The van der Waals surface area contributed by atoms with Gasteiger partial charge in [0.25, 0.3) is 5.91 Å². The minimum Gasteiger partial charge on any atom is -0.385 e. The second-order valence-corrected chi connectivity index (χ2v) is 7.39. The van der Waals surface area contributed by atoms with Crippen molar-refractivity contribution >= 4 is 11.8 Å². The Hall–Kier alpha value is -1.95. The largest absolute Gasteiger partial charge is 0.385 e. The highest BCUT2D eigenvalue weighted by Gasteiger charge is 2.38. The van der Waals surface area contributed by atoms with Crippen LogP contribution in [0.4, 0.5) is 0 Å². The van der Waals surface area contributed by atoms with Crippen molar-refractivity contribution in [3.05, 3.63) is 30.1 Å². The van der Waals surface area contributed by atoms with Crippen LogP contribution in [0.15, 0.2) is 24.5 Å². The molecule has 0 aliphatic carbocycles. The molecule has 1 aromatic rings. The summed E-state index contributed by atoms with van der Waals surface area (Å²) in [5.74, 6) is 0.686. The molecule has 4 rings (SSSR count). The van der Waals surface area contributed by atoms with Crippen molar-refractivity contribution in [1.82, 2.24) is 14.8 Å². The summed E-state index contributed by atoms with van der Waals surface area (Å²) in [6.07, 6.45) is 8.94. The second kappa shape index (κ2) is 9.12. The van der Waals surface area contributed by atoms with Gasteiger partial charge in [-0.25, -0.2) is 0 Å². The van der Waals surface area contributed by atoms with Crippen LogP contribution in [0.5, 0.6) is 0 Å². The van der Waals surface area contributed by atoms with Gasteiger partial charge in [-0.3, -0.25) is 14.6 Å². The van der Waals surface area contributed by atoms with Crippen molar-refractivity contribution in [2.45, 2.75) is 44.6 Å². The quantitative estimate of drug-likeness (QED) is 0.701. The molecule has 3 aliphatic rings. The number of hydrogen-bond acceptors (Lipinski definition) is 4. The Kier molecular flexibility index (Phi) is 6.61. The molecule has 0 saturated carbocycles. The molecular weight excluding hydrogens is 330 g/mol. The molecule has 4 heterocycles. The first-order valence-corrected chi connectivity index (χ1v) is 9.66. The van der Waals surface area contributed by atoms with E-state index in [0.29, 0.717) is 24.4 Å². The molecule has 2 atom stereocenters. The summed E-state index contributed by atoms with van der Waals surface area (Å²) in [5, 5.41) is 0. The lowest BCUT2D eigenvalue weighted by Gasteiger charge is -2.36. The molecule has 0 radical (unpaired) electrons. The van der Waals surface area contributed by atoms with E-state index in [1.54, 1.807) is 31.6 Å². The maximum Gasteiger partial charge on any atom is 0.254 e. The van der Waals surface area contributed by atoms with Crippen LogP contribution in [0, 0.1) is 5.92 Å². The van der Waals surface area contributed by atoms with Gasteiger partial charge in [-0.1, -0.05) is 6.42 Å². The lowest BCUT2D eigenvalue weighted by atomic mass is 9.94. The first-order valence-electron chi connectivity index (χ1n) is 9.66. The average molecular weight is 359 g/mol. The Morgan fingerprint density at radius 1 is 1.12 bits per heavy atom. The number of piperidine rings is 1. The van der Waals surface area contributed by atoms with E-state index in [1.807, 2.05) is 9.80 Å². The van der Waals surface area contributed by atoms with Gasteiger partial charge in [0, 0.05) is 63.8 Å². The van der Waals surface area contributed by atoms with Crippen LogP contribution in [0.1, 0.15) is 48.9 Å². The number of methoxy groups -OCH3 is 1. The van der Waals surface area contributed by atoms with E-state index in [4.69, 9.17) is 4.74 Å². The third kappa shape index (κ3) is 4.61. The second-order valence-electron chi connectivity index (χ2n) is 7.39. The molecule has 1 aromatic heterocycles. The Labute approximate surface area is 155 Å². The van der Waals surface area contributed by atoms with Gasteiger partial charge in [-0.15, -0.1) is 0 Å². The maximum atomic E-state index is 12.8. The van der Waals surface area contributed by atoms with Crippen LogP contribution in [0.25, 0.3) is 0 Å². The molecule has 6 nitrogen and oxygen atoms in total. The molecule has 0 spiro atoms. The SMILES string of the molecule is COCCCCCC(=O)N1C[C@H]2CC[C@@H]1CN(C(=O)c1ccncc1)C2. The van der Waals surface area contributed by atoms with Gasteiger partial charge in [0.15, 0.2) is 0 Å². The van der Waals surface area contributed by atoms with E-state index in [-0.39, 0.29) is 17.9 Å². The number of nitrogens with zero attached hydrogens (tertiary/aromatic N) is 3. The summed E-state index contributed by atoms with van der Waals surface area (Å²) in [6, 6.07) is 3.68. The molecule has 142 valence electrons. The van der Waals surface area contributed by atoms with Crippen molar-refractivity contribution < 1.29 is 14.3 Å². The summed E-state index contributed by atoms with van der Waals surface area (Å²) in [6.45, 7) is 2.94. The molecule has 26 heavy (non-hydrogen) atoms.